The van der Waals surface area contributed by atoms with E-state index in [1.807, 2.05) is 55.5 Å². The number of carbonyl (C=O) groups excluding carboxylic acids is 1. The number of aromatic nitrogens is 4. The smallest absolute Gasteiger partial charge is 0.228 e. The van der Waals surface area contributed by atoms with Gasteiger partial charge in [0.25, 0.3) is 0 Å². The first-order chi connectivity index (χ1) is 18.1. The second-order valence-electron chi connectivity index (χ2n) is 9.81. The van der Waals surface area contributed by atoms with Crippen LogP contribution in [0, 0.1) is 11.8 Å². The Bertz CT molecular complexity index is 1470. The summed E-state index contributed by atoms with van der Waals surface area (Å²) in [6.07, 6.45) is 7.97. The zero-order valence-corrected chi connectivity index (χ0v) is 20.5. The van der Waals surface area contributed by atoms with Crippen molar-refractivity contribution < 1.29 is 9.90 Å². The Kier molecular flexibility index (Phi) is 5.75. The largest absolute Gasteiger partial charge is 0.515 e. The summed E-state index contributed by atoms with van der Waals surface area (Å²) >= 11 is 0. The summed E-state index contributed by atoms with van der Waals surface area (Å²) in [6, 6.07) is 20.1. The van der Waals surface area contributed by atoms with E-state index in [1.54, 1.807) is 12.4 Å². The van der Waals surface area contributed by atoms with Crippen molar-refractivity contribution in [3.8, 4) is 11.3 Å². The molecule has 0 bridgehead atoms. The molecular weight excluding hydrogens is 462 g/mol. The van der Waals surface area contributed by atoms with Crippen LogP contribution in [0.25, 0.3) is 11.3 Å². The number of carbonyl (C=O) groups is 1. The van der Waals surface area contributed by atoms with Crippen molar-refractivity contribution in [3.05, 3.63) is 108 Å². The van der Waals surface area contributed by atoms with Gasteiger partial charge in [-0.2, -0.15) is 0 Å². The molecule has 2 heterocycles. The van der Waals surface area contributed by atoms with Crippen LogP contribution in [0.3, 0.4) is 0 Å². The molecule has 0 spiro atoms. The van der Waals surface area contributed by atoms with E-state index in [4.69, 9.17) is 9.97 Å². The number of rotatable bonds is 4. The first-order valence-corrected chi connectivity index (χ1v) is 12.5. The molecule has 1 fully saturated rings. The van der Waals surface area contributed by atoms with Crippen LogP contribution >= 0.6 is 0 Å². The van der Waals surface area contributed by atoms with Crippen LogP contribution in [0.5, 0.6) is 0 Å². The van der Waals surface area contributed by atoms with Gasteiger partial charge in [-0.25, -0.2) is 19.9 Å². The monoisotopic (exact) mass is 489 g/mol. The van der Waals surface area contributed by atoms with Crippen molar-refractivity contribution in [2.75, 3.05) is 5.32 Å². The molecule has 37 heavy (non-hydrogen) atoms. The number of anilines is 2. The van der Waals surface area contributed by atoms with Crippen molar-refractivity contribution in [3.63, 3.8) is 0 Å². The van der Waals surface area contributed by atoms with Crippen LogP contribution in [0.2, 0.25) is 0 Å². The van der Waals surface area contributed by atoms with E-state index in [9.17, 15) is 9.90 Å². The highest BCUT2D eigenvalue weighted by Crippen LogP contribution is 2.56. The quantitative estimate of drug-likeness (QED) is 0.285. The van der Waals surface area contributed by atoms with Crippen molar-refractivity contribution in [2.45, 2.75) is 31.6 Å². The number of fused-ring (bicyclic) bond motifs is 3. The first kappa shape index (κ1) is 23.0. The molecule has 3 atom stereocenters. The van der Waals surface area contributed by atoms with Gasteiger partial charge in [0.05, 0.1) is 17.6 Å². The van der Waals surface area contributed by atoms with Gasteiger partial charge in [0.1, 0.15) is 6.33 Å². The summed E-state index contributed by atoms with van der Waals surface area (Å²) in [6.45, 7) is 1.98. The molecule has 2 aromatic carbocycles. The molecule has 1 saturated carbocycles. The molecule has 0 amide bonds. The Morgan fingerprint density at radius 2 is 1.70 bits per heavy atom. The number of aliphatic hydroxyl groups excluding tert-OH is 1. The fourth-order valence-corrected chi connectivity index (χ4v) is 6.23. The Labute approximate surface area is 215 Å². The standard InChI is InChI=1S/C30H27N5O2/c1-19-25-13-12-24-26(21-15-31-18-32-16-21)34-29(33-23-10-6-3-7-11-23)35-28(24)30(25,14-20(17-36)27(19)37)22-8-4-2-5-9-22/h2-11,15-19,25,36H,12-14H2,1H3,(H,33,34,35)/b20-17-/t19-,25-,30?/m0/s1. The molecular formula is C30H27N5O2. The maximum atomic E-state index is 13.2. The number of aliphatic hydroxyl groups is 1. The molecule has 2 aliphatic carbocycles. The Hall–Kier alpha value is -4.39. The van der Waals surface area contributed by atoms with E-state index in [0.29, 0.717) is 17.9 Å². The van der Waals surface area contributed by atoms with Gasteiger partial charge in [-0.1, -0.05) is 55.5 Å². The van der Waals surface area contributed by atoms with E-state index in [1.165, 1.54) is 6.33 Å². The summed E-state index contributed by atoms with van der Waals surface area (Å²) in [5.41, 5.74) is 5.32. The van der Waals surface area contributed by atoms with Crippen LogP contribution in [0.15, 0.2) is 91.2 Å². The lowest BCUT2D eigenvalue weighted by atomic mass is 9.52. The lowest BCUT2D eigenvalue weighted by Gasteiger charge is -2.51. The van der Waals surface area contributed by atoms with Gasteiger partial charge in [0, 0.05) is 46.1 Å². The van der Waals surface area contributed by atoms with E-state index in [0.717, 1.165) is 52.9 Å². The van der Waals surface area contributed by atoms with E-state index in [2.05, 4.69) is 27.4 Å². The number of nitrogens with zero attached hydrogens (tertiary/aromatic N) is 4. The zero-order chi connectivity index (χ0) is 25.4. The minimum absolute atomic E-state index is 0.0101. The highest BCUT2D eigenvalue weighted by Gasteiger charge is 2.55. The third kappa shape index (κ3) is 3.78. The molecule has 0 aliphatic heterocycles. The Balaban J connectivity index is 1.65. The van der Waals surface area contributed by atoms with E-state index in [-0.39, 0.29) is 17.6 Å². The van der Waals surface area contributed by atoms with Crippen LogP contribution in [-0.4, -0.2) is 30.8 Å². The number of Topliss-reactive ketones (excluding diaryl/α,β-unsaturated/α-hetero) is 1. The highest BCUT2D eigenvalue weighted by molar-refractivity contribution is 5.98. The highest BCUT2D eigenvalue weighted by atomic mass is 16.2. The number of hydrogen-bond donors (Lipinski definition) is 2. The fourth-order valence-electron chi connectivity index (χ4n) is 6.23. The van der Waals surface area contributed by atoms with Crippen LogP contribution in [-0.2, 0) is 16.6 Å². The number of nitrogens with one attached hydrogen (secondary N) is 1. The van der Waals surface area contributed by atoms with Crippen LogP contribution in [0.4, 0.5) is 11.6 Å². The lowest BCUT2D eigenvalue weighted by molar-refractivity contribution is -0.123. The van der Waals surface area contributed by atoms with Crippen LogP contribution < -0.4 is 5.32 Å². The maximum absolute atomic E-state index is 13.2. The maximum Gasteiger partial charge on any atom is 0.228 e. The summed E-state index contributed by atoms with van der Waals surface area (Å²) in [4.78, 5) is 31.8. The van der Waals surface area contributed by atoms with Crippen molar-refractivity contribution >= 4 is 17.4 Å². The predicted octanol–water partition coefficient (Wildman–Crippen LogP) is 5.58. The summed E-state index contributed by atoms with van der Waals surface area (Å²) in [5, 5.41) is 13.5. The van der Waals surface area contributed by atoms with Gasteiger partial charge in [0.15, 0.2) is 5.78 Å². The summed E-state index contributed by atoms with van der Waals surface area (Å²) in [7, 11) is 0. The summed E-state index contributed by atoms with van der Waals surface area (Å²) < 4.78 is 0. The minimum Gasteiger partial charge on any atom is -0.515 e. The summed E-state index contributed by atoms with van der Waals surface area (Å²) in [5.74, 6) is 0.247. The van der Waals surface area contributed by atoms with Gasteiger partial charge in [-0.15, -0.1) is 0 Å². The minimum atomic E-state index is -0.600. The zero-order valence-electron chi connectivity index (χ0n) is 20.5. The Morgan fingerprint density at radius 1 is 1.00 bits per heavy atom. The Morgan fingerprint density at radius 3 is 2.41 bits per heavy atom. The van der Waals surface area contributed by atoms with E-state index >= 15 is 0 Å². The number of allylic oxidation sites excluding steroid dienone is 1. The third-order valence-electron chi connectivity index (χ3n) is 7.88. The molecule has 7 heteroatoms. The SMILES string of the molecule is C[C@@H]1C(=O)/C(=C\O)CC2(c3ccccc3)c3nc(Nc4ccccc4)nc(-c4cncnc4)c3CC[C@@H]12. The number of para-hydroxylation sites is 1. The molecule has 2 N–H and O–H groups in total. The second kappa shape index (κ2) is 9.24. The number of benzene rings is 2. The number of hydrogen-bond acceptors (Lipinski definition) is 7. The van der Waals surface area contributed by atoms with Crippen molar-refractivity contribution in [2.24, 2.45) is 11.8 Å². The molecule has 7 nitrogen and oxygen atoms in total. The van der Waals surface area contributed by atoms with Gasteiger partial charge in [-0.3, -0.25) is 4.79 Å². The van der Waals surface area contributed by atoms with Gasteiger partial charge in [-0.05, 0) is 42.9 Å². The van der Waals surface area contributed by atoms with Gasteiger partial charge >= 0.3 is 0 Å². The molecule has 1 unspecified atom stereocenters. The van der Waals surface area contributed by atoms with Gasteiger partial charge in [0.2, 0.25) is 5.95 Å². The third-order valence-corrected chi connectivity index (χ3v) is 7.88. The molecule has 0 saturated heterocycles. The van der Waals surface area contributed by atoms with Crippen molar-refractivity contribution in [1.29, 1.82) is 0 Å². The lowest BCUT2D eigenvalue weighted by Crippen LogP contribution is -2.51. The van der Waals surface area contributed by atoms with Gasteiger partial charge < -0.3 is 10.4 Å². The first-order valence-electron chi connectivity index (χ1n) is 12.5. The molecule has 2 aliphatic rings. The molecule has 184 valence electrons. The predicted molar refractivity (Wildman–Crippen MR) is 141 cm³/mol. The number of ketones is 1. The van der Waals surface area contributed by atoms with Crippen molar-refractivity contribution in [1.82, 2.24) is 19.9 Å². The average Bonchev–Trinajstić information content (AvgIpc) is 2.96. The molecule has 0 radical (unpaired) electrons. The molecule has 6 rings (SSSR count). The van der Waals surface area contributed by atoms with Crippen LogP contribution in [0.1, 0.15) is 36.6 Å². The average molecular weight is 490 g/mol. The van der Waals surface area contributed by atoms with E-state index < -0.39 is 5.41 Å². The topological polar surface area (TPSA) is 101 Å². The molecule has 4 aromatic rings. The normalized spacial score (nSPS) is 23.8. The second-order valence-corrected chi connectivity index (χ2v) is 9.81. The molecule has 2 aromatic heterocycles. The fraction of sp³-hybridized carbons (Fsp3) is 0.233.